The molecule has 102 valence electrons. The van der Waals surface area contributed by atoms with Gasteiger partial charge in [0.25, 0.3) is 0 Å². The molecule has 0 atom stereocenters. The van der Waals surface area contributed by atoms with Crippen LogP contribution in [0.2, 0.25) is 0 Å². The second-order valence-electron chi connectivity index (χ2n) is 4.84. The van der Waals surface area contributed by atoms with Crippen LogP contribution in [0.5, 0.6) is 5.75 Å². The second-order valence-corrected chi connectivity index (χ2v) is 4.84. The molecule has 0 saturated heterocycles. The molecule has 0 aliphatic carbocycles. The SMILES string of the molecule is CCCC(CN)(CCC)Nc1cccc(OC)c1. The van der Waals surface area contributed by atoms with Crippen molar-refractivity contribution in [3.05, 3.63) is 24.3 Å². The number of rotatable bonds is 8. The van der Waals surface area contributed by atoms with E-state index in [1.54, 1.807) is 7.11 Å². The van der Waals surface area contributed by atoms with Crippen molar-refractivity contribution < 1.29 is 4.74 Å². The Morgan fingerprint density at radius 1 is 1.22 bits per heavy atom. The molecule has 0 saturated carbocycles. The summed E-state index contributed by atoms with van der Waals surface area (Å²) >= 11 is 0. The summed E-state index contributed by atoms with van der Waals surface area (Å²) < 4.78 is 5.25. The van der Waals surface area contributed by atoms with Gasteiger partial charge in [0.05, 0.1) is 7.11 Å². The molecular formula is C15H26N2O. The van der Waals surface area contributed by atoms with Crippen LogP contribution in [-0.4, -0.2) is 19.2 Å². The lowest BCUT2D eigenvalue weighted by molar-refractivity contribution is 0.399. The van der Waals surface area contributed by atoms with Crippen LogP contribution in [0.3, 0.4) is 0 Å². The Balaban J connectivity index is 2.86. The molecule has 18 heavy (non-hydrogen) atoms. The molecule has 0 bridgehead atoms. The molecule has 0 aliphatic rings. The first-order valence-corrected chi connectivity index (χ1v) is 6.82. The Morgan fingerprint density at radius 2 is 1.89 bits per heavy atom. The molecule has 3 nitrogen and oxygen atoms in total. The summed E-state index contributed by atoms with van der Waals surface area (Å²) in [7, 11) is 1.69. The first kappa shape index (κ1) is 14.8. The van der Waals surface area contributed by atoms with Crippen LogP contribution in [0.25, 0.3) is 0 Å². The van der Waals surface area contributed by atoms with Crippen molar-refractivity contribution in [3.63, 3.8) is 0 Å². The number of nitrogens with one attached hydrogen (secondary N) is 1. The highest BCUT2D eigenvalue weighted by Crippen LogP contribution is 2.26. The predicted molar refractivity (Wildman–Crippen MR) is 78.2 cm³/mol. The third-order valence-corrected chi connectivity index (χ3v) is 3.33. The number of ether oxygens (including phenoxy) is 1. The smallest absolute Gasteiger partial charge is 0.120 e. The maximum absolute atomic E-state index is 6.00. The van der Waals surface area contributed by atoms with Gasteiger partial charge in [-0.05, 0) is 25.0 Å². The molecule has 1 aromatic rings. The minimum Gasteiger partial charge on any atom is -0.497 e. The number of hydrogen-bond acceptors (Lipinski definition) is 3. The van der Waals surface area contributed by atoms with Gasteiger partial charge in [-0.1, -0.05) is 32.8 Å². The minimum atomic E-state index is 0.00979. The normalized spacial score (nSPS) is 11.3. The van der Waals surface area contributed by atoms with E-state index < -0.39 is 0 Å². The van der Waals surface area contributed by atoms with E-state index in [0.717, 1.165) is 37.1 Å². The van der Waals surface area contributed by atoms with Crippen LogP contribution >= 0.6 is 0 Å². The minimum absolute atomic E-state index is 0.00979. The fraction of sp³-hybridized carbons (Fsp3) is 0.600. The fourth-order valence-corrected chi connectivity index (χ4v) is 2.47. The average Bonchev–Trinajstić information content (AvgIpc) is 2.39. The summed E-state index contributed by atoms with van der Waals surface area (Å²) in [4.78, 5) is 0. The summed E-state index contributed by atoms with van der Waals surface area (Å²) in [5.41, 5.74) is 7.10. The maximum Gasteiger partial charge on any atom is 0.120 e. The van der Waals surface area contributed by atoms with E-state index in [0.29, 0.717) is 6.54 Å². The molecule has 0 aromatic heterocycles. The molecule has 0 amide bonds. The molecule has 1 aromatic carbocycles. The molecule has 0 spiro atoms. The van der Waals surface area contributed by atoms with Crippen LogP contribution in [0.1, 0.15) is 39.5 Å². The van der Waals surface area contributed by atoms with Crippen LogP contribution in [0.4, 0.5) is 5.69 Å². The van der Waals surface area contributed by atoms with Gasteiger partial charge >= 0.3 is 0 Å². The Labute approximate surface area is 111 Å². The highest BCUT2D eigenvalue weighted by Gasteiger charge is 2.26. The van der Waals surface area contributed by atoms with Crippen molar-refractivity contribution in [2.24, 2.45) is 5.73 Å². The summed E-state index contributed by atoms with van der Waals surface area (Å²) in [6.07, 6.45) is 4.45. The zero-order valence-corrected chi connectivity index (χ0v) is 11.8. The zero-order valence-electron chi connectivity index (χ0n) is 11.8. The van der Waals surface area contributed by atoms with E-state index in [1.165, 1.54) is 0 Å². The Bertz CT molecular complexity index is 346. The van der Waals surface area contributed by atoms with Gasteiger partial charge in [-0.15, -0.1) is 0 Å². The Kier molecular flexibility index (Phi) is 5.99. The lowest BCUT2D eigenvalue weighted by Gasteiger charge is -2.34. The topological polar surface area (TPSA) is 47.3 Å². The Hall–Kier alpha value is -1.22. The zero-order chi connectivity index (χ0) is 13.4. The van der Waals surface area contributed by atoms with E-state index in [4.69, 9.17) is 10.5 Å². The Morgan fingerprint density at radius 3 is 2.39 bits per heavy atom. The third-order valence-electron chi connectivity index (χ3n) is 3.33. The summed E-state index contributed by atoms with van der Waals surface area (Å²) in [6.45, 7) is 5.06. The quantitative estimate of drug-likeness (QED) is 0.743. The highest BCUT2D eigenvalue weighted by atomic mass is 16.5. The van der Waals surface area contributed by atoms with Crippen LogP contribution in [0, 0.1) is 0 Å². The number of nitrogens with two attached hydrogens (primary N) is 1. The van der Waals surface area contributed by atoms with E-state index in [1.807, 2.05) is 18.2 Å². The monoisotopic (exact) mass is 250 g/mol. The molecule has 0 fully saturated rings. The van der Waals surface area contributed by atoms with Crippen LogP contribution in [0.15, 0.2) is 24.3 Å². The van der Waals surface area contributed by atoms with Gasteiger partial charge in [-0.25, -0.2) is 0 Å². The van der Waals surface area contributed by atoms with Gasteiger partial charge in [-0.3, -0.25) is 0 Å². The van der Waals surface area contributed by atoms with Gasteiger partial charge in [-0.2, -0.15) is 0 Å². The van der Waals surface area contributed by atoms with Gasteiger partial charge in [0.15, 0.2) is 0 Å². The van der Waals surface area contributed by atoms with E-state index in [2.05, 4.69) is 25.2 Å². The van der Waals surface area contributed by atoms with Crippen LogP contribution < -0.4 is 15.8 Å². The first-order valence-electron chi connectivity index (χ1n) is 6.82. The van der Waals surface area contributed by atoms with Gasteiger partial charge in [0.2, 0.25) is 0 Å². The molecule has 0 aliphatic heterocycles. The van der Waals surface area contributed by atoms with Crippen molar-refractivity contribution in [2.75, 3.05) is 19.0 Å². The largest absolute Gasteiger partial charge is 0.497 e. The number of methoxy groups -OCH3 is 1. The summed E-state index contributed by atoms with van der Waals surface area (Å²) in [5.74, 6) is 0.874. The fourth-order valence-electron chi connectivity index (χ4n) is 2.47. The molecule has 3 N–H and O–H groups in total. The van der Waals surface area contributed by atoms with Crippen molar-refractivity contribution in [2.45, 2.75) is 45.1 Å². The van der Waals surface area contributed by atoms with Gasteiger partial charge in [0, 0.05) is 23.8 Å². The highest BCUT2D eigenvalue weighted by molar-refractivity contribution is 5.50. The summed E-state index contributed by atoms with van der Waals surface area (Å²) in [6, 6.07) is 8.04. The molecular weight excluding hydrogens is 224 g/mol. The first-order chi connectivity index (χ1) is 8.69. The van der Waals surface area contributed by atoms with Crippen LogP contribution in [-0.2, 0) is 0 Å². The van der Waals surface area contributed by atoms with E-state index in [9.17, 15) is 0 Å². The lowest BCUT2D eigenvalue weighted by Crippen LogP contribution is -2.45. The standard InChI is InChI=1S/C15H26N2O/c1-4-9-15(12-16,10-5-2)17-13-7-6-8-14(11-13)18-3/h6-8,11,17H,4-5,9-10,12,16H2,1-3H3. The second kappa shape index (κ2) is 7.27. The molecule has 3 heteroatoms. The third kappa shape index (κ3) is 3.91. The molecule has 0 radical (unpaired) electrons. The summed E-state index contributed by atoms with van der Waals surface area (Å²) in [5, 5.41) is 3.61. The van der Waals surface area contributed by atoms with Crippen molar-refractivity contribution in [1.82, 2.24) is 0 Å². The number of anilines is 1. The van der Waals surface area contributed by atoms with Gasteiger partial charge < -0.3 is 15.8 Å². The molecule has 0 unspecified atom stereocenters. The lowest BCUT2D eigenvalue weighted by atomic mass is 9.88. The molecule has 0 heterocycles. The predicted octanol–water partition coefficient (Wildman–Crippen LogP) is 3.40. The van der Waals surface area contributed by atoms with Crippen molar-refractivity contribution in [1.29, 1.82) is 0 Å². The number of hydrogen-bond donors (Lipinski definition) is 2. The maximum atomic E-state index is 6.00. The van der Waals surface area contributed by atoms with Gasteiger partial charge in [0.1, 0.15) is 5.75 Å². The van der Waals surface area contributed by atoms with E-state index in [-0.39, 0.29) is 5.54 Å². The van der Waals surface area contributed by atoms with E-state index >= 15 is 0 Å². The number of benzene rings is 1. The van der Waals surface area contributed by atoms with Crippen molar-refractivity contribution in [3.8, 4) is 5.75 Å². The average molecular weight is 250 g/mol. The molecule has 1 rings (SSSR count). The van der Waals surface area contributed by atoms with Crippen molar-refractivity contribution >= 4 is 5.69 Å².